The Morgan fingerprint density at radius 2 is 1.87 bits per heavy atom. The van der Waals surface area contributed by atoms with Gasteiger partial charge < -0.3 is 10.6 Å². The number of halogens is 3. The highest BCUT2D eigenvalue weighted by Gasteiger charge is 2.31. The molecule has 0 spiro atoms. The van der Waals surface area contributed by atoms with Crippen LogP contribution in [0.4, 0.5) is 5.69 Å². The summed E-state index contributed by atoms with van der Waals surface area (Å²) >= 11 is 17.9. The fourth-order valence-electron chi connectivity index (χ4n) is 3.38. The highest BCUT2D eigenvalue weighted by Crippen LogP contribution is 2.31. The Balaban J connectivity index is 1.83. The molecule has 8 nitrogen and oxygen atoms in total. The van der Waals surface area contributed by atoms with Crippen molar-refractivity contribution in [3.05, 3.63) is 39.6 Å². The van der Waals surface area contributed by atoms with Crippen LogP contribution >= 0.6 is 34.8 Å². The quantitative estimate of drug-likeness (QED) is 0.557. The lowest BCUT2D eigenvalue weighted by Crippen LogP contribution is -2.50. The fraction of sp³-hybridized carbons (Fsp3) is 0.474. The number of rotatable bonds is 7. The maximum Gasteiger partial charge on any atom is 0.241 e. The van der Waals surface area contributed by atoms with Gasteiger partial charge in [0.2, 0.25) is 15.9 Å². The van der Waals surface area contributed by atoms with E-state index in [4.69, 9.17) is 40.5 Å². The number of nitrogens with one attached hydrogen (secondary N) is 1. The van der Waals surface area contributed by atoms with Gasteiger partial charge in [-0.25, -0.2) is 8.42 Å². The molecular weight excluding hydrogens is 485 g/mol. The summed E-state index contributed by atoms with van der Waals surface area (Å²) in [5.74, 6) is 0.255. The predicted octanol–water partition coefficient (Wildman–Crippen LogP) is 3.42. The molecule has 1 aromatic carbocycles. The fourth-order valence-corrected chi connectivity index (χ4v) is 5.42. The highest BCUT2D eigenvalue weighted by molar-refractivity contribution is 7.89. The molecule has 0 saturated carbocycles. The second kappa shape index (κ2) is 9.95. The minimum Gasteiger partial charge on any atom is -0.396 e. The monoisotopic (exact) mass is 507 g/mol. The number of carbonyl (C=O) groups excluding carboxylic acids is 1. The largest absolute Gasteiger partial charge is 0.396 e. The lowest BCUT2D eigenvalue weighted by Gasteiger charge is -2.33. The first-order valence-corrected chi connectivity index (χ1v) is 12.4. The number of piperidine rings is 1. The van der Waals surface area contributed by atoms with E-state index < -0.39 is 16.1 Å². The zero-order chi connectivity index (χ0) is 22.8. The summed E-state index contributed by atoms with van der Waals surface area (Å²) < 4.78 is 30.1. The van der Waals surface area contributed by atoms with E-state index >= 15 is 0 Å². The van der Waals surface area contributed by atoms with E-state index in [1.165, 1.54) is 12.1 Å². The summed E-state index contributed by atoms with van der Waals surface area (Å²) in [6.07, 6.45) is 3.62. The Hall–Kier alpha value is -1.52. The van der Waals surface area contributed by atoms with Gasteiger partial charge in [0.25, 0.3) is 0 Å². The number of anilines is 1. The minimum absolute atomic E-state index is 0.0203. The molecular formula is C19H24Cl3N5O3S. The van der Waals surface area contributed by atoms with Gasteiger partial charge in [-0.2, -0.15) is 9.82 Å². The number of nitrogens with zero attached hydrogens (tertiary/aromatic N) is 3. The third kappa shape index (κ3) is 6.04. The number of likely N-dealkylation sites (tertiary alicyclic amines) is 1. The molecule has 1 aliphatic heterocycles. The molecule has 2 heterocycles. The van der Waals surface area contributed by atoms with E-state index in [1.54, 1.807) is 21.8 Å². The Kier molecular flexibility index (Phi) is 7.75. The third-order valence-corrected chi connectivity index (χ3v) is 7.59. The van der Waals surface area contributed by atoms with Gasteiger partial charge in [0, 0.05) is 25.8 Å². The molecule has 1 atom stereocenters. The van der Waals surface area contributed by atoms with E-state index in [0.717, 1.165) is 12.8 Å². The van der Waals surface area contributed by atoms with Crippen LogP contribution in [-0.2, 0) is 21.4 Å². The van der Waals surface area contributed by atoms with Crippen molar-refractivity contribution in [3.63, 3.8) is 0 Å². The van der Waals surface area contributed by atoms with Crippen molar-refractivity contribution in [2.75, 3.05) is 18.8 Å². The van der Waals surface area contributed by atoms with Gasteiger partial charge in [0.15, 0.2) is 5.15 Å². The molecule has 3 rings (SSSR count). The smallest absolute Gasteiger partial charge is 0.241 e. The number of carbonyl (C=O) groups is 1. The standard InChI is InChI=1S/C19H24Cl3N5O3S/c1-12-2-6-26(7-3-12)19(28)16(4-8-27-9-5-17(22)24-27)25-31(29,30)13-10-14(20)18(23)15(21)11-13/h5,9-12,16,25H,2-4,6-8,23H2,1H3. The van der Waals surface area contributed by atoms with Crippen LogP contribution in [0.2, 0.25) is 15.2 Å². The second-order valence-corrected chi connectivity index (χ2v) is 10.6. The Morgan fingerprint density at radius 3 is 2.42 bits per heavy atom. The van der Waals surface area contributed by atoms with Gasteiger partial charge in [0.05, 0.1) is 20.6 Å². The number of aromatic nitrogens is 2. The van der Waals surface area contributed by atoms with Gasteiger partial charge in [-0.15, -0.1) is 0 Å². The molecule has 1 unspecified atom stereocenters. The first kappa shape index (κ1) is 24.1. The number of amides is 1. The van der Waals surface area contributed by atoms with E-state index in [0.29, 0.717) is 30.7 Å². The first-order valence-electron chi connectivity index (χ1n) is 9.81. The average molecular weight is 509 g/mol. The lowest BCUT2D eigenvalue weighted by atomic mass is 9.98. The number of nitrogens with two attached hydrogens (primary N) is 1. The van der Waals surface area contributed by atoms with Crippen molar-refractivity contribution in [2.24, 2.45) is 5.92 Å². The average Bonchev–Trinajstić information content (AvgIpc) is 3.14. The van der Waals surface area contributed by atoms with Crippen LogP contribution in [0.5, 0.6) is 0 Å². The van der Waals surface area contributed by atoms with Gasteiger partial charge in [-0.3, -0.25) is 9.48 Å². The molecule has 0 bridgehead atoms. The molecule has 0 aliphatic carbocycles. The third-order valence-electron chi connectivity index (χ3n) is 5.31. The number of aryl methyl sites for hydroxylation is 1. The summed E-state index contributed by atoms with van der Waals surface area (Å²) in [7, 11) is -4.09. The van der Waals surface area contributed by atoms with Crippen LogP contribution in [0, 0.1) is 5.92 Å². The zero-order valence-electron chi connectivity index (χ0n) is 16.9. The van der Waals surface area contributed by atoms with Crippen LogP contribution in [0.3, 0.4) is 0 Å². The summed E-state index contributed by atoms with van der Waals surface area (Å²) in [5.41, 5.74) is 5.80. The van der Waals surface area contributed by atoms with Crippen molar-refractivity contribution in [3.8, 4) is 0 Å². The van der Waals surface area contributed by atoms with Crippen molar-refractivity contribution < 1.29 is 13.2 Å². The van der Waals surface area contributed by atoms with E-state index in [9.17, 15) is 13.2 Å². The predicted molar refractivity (Wildman–Crippen MR) is 122 cm³/mol. The number of benzene rings is 1. The Labute approximate surface area is 196 Å². The van der Waals surface area contributed by atoms with Crippen molar-refractivity contribution in [1.82, 2.24) is 19.4 Å². The SMILES string of the molecule is CC1CCN(C(=O)C(CCn2ccc(Cl)n2)NS(=O)(=O)c2cc(Cl)c(N)c(Cl)c2)CC1. The summed E-state index contributed by atoms with van der Waals surface area (Å²) in [4.78, 5) is 14.7. The van der Waals surface area contributed by atoms with Crippen LogP contribution in [0.25, 0.3) is 0 Å². The molecule has 3 N–H and O–H groups in total. The van der Waals surface area contributed by atoms with Gasteiger partial charge in [0.1, 0.15) is 6.04 Å². The molecule has 2 aromatic rings. The number of nitrogen functional groups attached to an aromatic ring is 1. The van der Waals surface area contributed by atoms with Crippen molar-refractivity contribution in [2.45, 2.75) is 43.7 Å². The van der Waals surface area contributed by atoms with E-state index in [2.05, 4.69) is 16.7 Å². The van der Waals surface area contributed by atoms with Crippen LogP contribution in [-0.4, -0.2) is 48.1 Å². The Morgan fingerprint density at radius 1 is 1.26 bits per heavy atom. The maximum atomic E-state index is 13.2. The molecule has 170 valence electrons. The normalized spacial score (nSPS) is 16.5. The number of hydrogen-bond donors (Lipinski definition) is 2. The highest BCUT2D eigenvalue weighted by atomic mass is 35.5. The molecule has 1 aromatic heterocycles. The van der Waals surface area contributed by atoms with Gasteiger partial charge in [-0.1, -0.05) is 41.7 Å². The molecule has 12 heteroatoms. The number of hydrogen-bond acceptors (Lipinski definition) is 5. The first-order chi connectivity index (χ1) is 14.6. The van der Waals surface area contributed by atoms with Gasteiger partial charge >= 0.3 is 0 Å². The van der Waals surface area contributed by atoms with Crippen LogP contribution in [0.15, 0.2) is 29.3 Å². The second-order valence-electron chi connectivity index (χ2n) is 7.67. The zero-order valence-corrected chi connectivity index (χ0v) is 20.0. The molecule has 1 aliphatic rings. The molecule has 1 fully saturated rings. The molecule has 1 amide bonds. The van der Waals surface area contributed by atoms with Crippen LogP contribution in [0.1, 0.15) is 26.2 Å². The molecule has 0 radical (unpaired) electrons. The van der Waals surface area contributed by atoms with Crippen LogP contribution < -0.4 is 10.5 Å². The molecule has 1 saturated heterocycles. The maximum absolute atomic E-state index is 13.2. The van der Waals surface area contributed by atoms with E-state index in [1.807, 2.05) is 0 Å². The van der Waals surface area contributed by atoms with Crippen molar-refractivity contribution >= 4 is 56.4 Å². The summed E-state index contributed by atoms with van der Waals surface area (Å²) in [5, 5.41) is 4.44. The van der Waals surface area contributed by atoms with Gasteiger partial charge in [-0.05, 0) is 43.4 Å². The van der Waals surface area contributed by atoms with Crippen molar-refractivity contribution in [1.29, 1.82) is 0 Å². The minimum atomic E-state index is -4.09. The Bertz CT molecular complexity index is 1030. The summed E-state index contributed by atoms with van der Waals surface area (Å²) in [6, 6.07) is 3.05. The summed E-state index contributed by atoms with van der Waals surface area (Å²) in [6.45, 7) is 3.62. The molecule has 31 heavy (non-hydrogen) atoms. The topological polar surface area (TPSA) is 110 Å². The number of sulfonamides is 1. The van der Waals surface area contributed by atoms with E-state index in [-0.39, 0.29) is 33.0 Å². The lowest BCUT2D eigenvalue weighted by molar-refractivity contribution is -0.134.